The second-order valence-electron chi connectivity index (χ2n) is 7.41. The molecule has 5 heteroatoms. The Balaban J connectivity index is 1.73. The molecule has 0 saturated heterocycles. The number of nitrogens with one attached hydrogen (secondary N) is 1. The van der Waals surface area contributed by atoms with E-state index in [4.69, 9.17) is 9.72 Å². The highest BCUT2D eigenvalue weighted by Crippen LogP contribution is 2.28. The number of carbonyl (C=O) groups excluding carboxylic acids is 2. The minimum Gasteiger partial charge on any atom is -0.465 e. The first-order chi connectivity index (χ1) is 15.0. The number of carbonyl (C=O) groups is 2. The Bertz CT molecular complexity index is 1290. The molecule has 1 amide bonds. The number of benzene rings is 3. The molecule has 0 bridgehead atoms. The van der Waals surface area contributed by atoms with Crippen molar-refractivity contribution in [3.63, 3.8) is 0 Å². The van der Waals surface area contributed by atoms with Crippen LogP contribution in [-0.2, 0) is 4.74 Å². The van der Waals surface area contributed by atoms with Gasteiger partial charge in [-0.1, -0.05) is 42.0 Å². The van der Waals surface area contributed by atoms with Crippen molar-refractivity contribution in [3.05, 3.63) is 95.1 Å². The van der Waals surface area contributed by atoms with Crippen LogP contribution < -0.4 is 5.32 Å². The summed E-state index contributed by atoms with van der Waals surface area (Å²) in [6.07, 6.45) is 0. The second kappa shape index (κ2) is 8.40. The van der Waals surface area contributed by atoms with Gasteiger partial charge in [0, 0.05) is 16.6 Å². The predicted molar refractivity (Wildman–Crippen MR) is 122 cm³/mol. The molecule has 0 aliphatic heterocycles. The number of pyridine rings is 1. The summed E-state index contributed by atoms with van der Waals surface area (Å²) in [5.41, 5.74) is 6.33. The lowest BCUT2D eigenvalue weighted by Gasteiger charge is -2.12. The van der Waals surface area contributed by atoms with E-state index < -0.39 is 5.97 Å². The van der Waals surface area contributed by atoms with Crippen LogP contribution in [0.15, 0.2) is 72.8 Å². The highest BCUT2D eigenvalue weighted by Gasteiger charge is 2.15. The predicted octanol–water partition coefficient (Wildman–Crippen LogP) is 5.56. The summed E-state index contributed by atoms with van der Waals surface area (Å²) in [6.45, 7) is 4.09. The number of anilines is 1. The number of hydrogen-bond acceptors (Lipinski definition) is 4. The summed E-state index contributed by atoms with van der Waals surface area (Å²) < 4.78 is 4.71. The molecule has 1 N–H and O–H groups in total. The molecule has 3 aromatic carbocycles. The van der Waals surface area contributed by atoms with Gasteiger partial charge in [0.05, 0.1) is 29.4 Å². The number of ether oxygens (including phenoxy) is 1. The van der Waals surface area contributed by atoms with Crippen molar-refractivity contribution in [2.24, 2.45) is 0 Å². The van der Waals surface area contributed by atoms with Gasteiger partial charge in [-0.2, -0.15) is 0 Å². The second-order valence-corrected chi connectivity index (χ2v) is 7.41. The van der Waals surface area contributed by atoms with Crippen LogP contribution in [0.1, 0.15) is 31.8 Å². The van der Waals surface area contributed by atoms with Crippen LogP contribution in [0, 0.1) is 13.8 Å². The highest BCUT2D eigenvalue weighted by molar-refractivity contribution is 6.13. The van der Waals surface area contributed by atoms with Crippen LogP contribution in [0.25, 0.3) is 22.2 Å². The summed E-state index contributed by atoms with van der Waals surface area (Å²) in [6, 6.07) is 22.2. The van der Waals surface area contributed by atoms with Crippen molar-refractivity contribution < 1.29 is 14.3 Å². The van der Waals surface area contributed by atoms with E-state index in [1.807, 2.05) is 49.4 Å². The highest BCUT2D eigenvalue weighted by atomic mass is 16.5. The third-order valence-electron chi connectivity index (χ3n) is 5.18. The molecule has 0 fully saturated rings. The van der Waals surface area contributed by atoms with Crippen LogP contribution in [-0.4, -0.2) is 24.0 Å². The maximum Gasteiger partial charge on any atom is 0.337 e. The van der Waals surface area contributed by atoms with Gasteiger partial charge in [0.1, 0.15) is 0 Å². The van der Waals surface area contributed by atoms with Gasteiger partial charge < -0.3 is 10.1 Å². The number of nitrogens with zero attached hydrogens (tertiary/aromatic N) is 1. The number of para-hydroxylation sites is 1. The van der Waals surface area contributed by atoms with Gasteiger partial charge in [0.2, 0.25) is 0 Å². The maximum atomic E-state index is 13.2. The third kappa shape index (κ3) is 4.16. The SMILES string of the molecule is COC(=O)c1ccc(NC(=O)c2cc(-c3ccc(C)cc3C)nc3ccccc23)cc1. The number of amides is 1. The van der Waals surface area contributed by atoms with Gasteiger partial charge in [-0.15, -0.1) is 0 Å². The number of hydrogen-bond donors (Lipinski definition) is 1. The molecule has 154 valence electrons. The van der Waals surface area contributed by atoms with Crippen molar-refractivity contribution in [1.82, 2.24) is 4.98 Å². The maximum absolute atomic E-state index is 13.2. The molecule has 4 aromatic rings. The van der Waals surface area contributed by atoms with Gasteiger partial charge in [-0.05, 0) is 55.8 Å². The van der Waals surface area contributed by atoms with Crippen LogP contribution in [0.3, 0.4) is 0 Å². The number of aryl methyl sites for hydroxylation is 2. The lowest BCUT2D eigenvalue weighted by Crippen LogP contribution is -2.13. The normalized spacial score (nSPS) is 10.7. The summed E-state index contributed by atoms with van der Waals surface area (Å²) in [7, 11) is 1.33. The van der Waals surface area contributed by atoms with E-state index in [1.165, 1.54) is 12.7 Å². The molecule has 0 spiro atoms. The van der Waals surface area contributed by atoms with Gasteiger partial charge in [-0.25, -0.2) is 9.78 Å². The Hall–Kier alpha value is -3.99. The Morgan fingerprint density at radius 3 is 2.35 bits per heavy atom. The number of fused-ring (bicyclic) bond motifs is 1. The molecule has 31 heavy (non-hydrogen) atoms. The average Bonchev–Trinajstić information content (AvgIpc) is 2.78. The molecule has 0 atom stereocenters. The van der Waals surface area contributed by atoms with E-state index >= 15 is 0 Å². The molecule has 5 nitrogen and oxygen atoms in total. The van der Waals surface area contributed by atoms with Gasteiger partial charge in [0.15, 0.2) is 0 Å². The van der Waals surface area contributed by atoms with Crippen molar-refractivity contribution in [2.45, 2.75) is 13.8 Å². The van der Waals surface area contributed by atoms with Crippen LogP contribution in [0.4, 0.5) is 5.69 Å². The van der Waals surface area contributed by atoms with Gasteiger partial charge >= 0.3 is 5.97 Å². The molecular formula is C26H22N2O3. The van der Waals surface area contributed by atoms with Crippen molar-refractivity contribution in [2.75, 3.05) is 12.4 Å². The van der Waals surface area contributed by atoms with E-state index in [-0.39, 0.29) is 5.91 Å². The van der Waals surface area contributed by atoms with Crippen molar-refractivity contribution in [1.29, 1.82) is 0 Å². The zero-order valence-corrected chi connectivity index (χ0v) is 17.6. The summed E-state index contributed by atoms with van der Waals surface area (Å²) in [4.78, 5) is 29.6. The largest absolute Gasteiger partial charge is 0.465 e. The Kier molecular flexibility index (Phi) is 5.50. The zero-order valence-electron chi connectivity index (χ0n) is 17.6. The third-order valence-corrected chi connectivity index (χ3v) is 5.18. The average molecular weight is 410 g/mol. The van der Waals surface area contributed by atoms with E-state index in [1.54, 1.807) is 24.3 Å². The fourth-order valence-corrected chi connectivity index (χ4v) is 3.61. The molecule has 1 aromatic heterocycles. The lowest BCUT2D eigenvalue weighted by atomic mass is 9.99. The Morgan fingerprint density at radius 2 is 1.65 bits per heavy atom. The standard InChI is InChI=1S/C26H22N2O3/c1-16-8-13-20(17(2)14-16)24-15-22(21-6-4-5-7-23(21)28-24)25(29)27-19-11-9-18(10-12-19)26(30)31-3/h4-15H,1-3H3,(H,27,29). The van der Waals surface area contributed by atoms with E-state index in [2.05, 4.69) is 18.3 Å². The number of rotatable bonds is 4. The van der Waals surface area contributed by atoms with Gasteiger partial charge in [-0.3, -0.25) is 4.79 Å². The Labute approximate surface area is 180 Å². The lowest BCUT2D eigenvalue weighted by molar-refractivity contribution is 0.0600. The quantitative estimate of drug-likeness (QED) is 0.448. The summed E-state index contributed by atoms with van der Waals surface area (Å²) >= 11 is 0. The molecule has 4 rings (SSSR count). The number of esters is 1. The van der Waals surface area contributed by atoms with E-state index in [9.17, 15) is 9.59 Å². The smallest absolute Gasteiger partial charge is 0.337 e. The zero-order chi connectivity index (χ0) is 22.0. The summed E-state index contributed by atoms with van der Waals surface area (Å²) in [5.74, 6) is -0.661. The number of aromatic nitrogens is 1. The first-order valence-electron chi connectivity index (χ1n) is 9.93. The van der Waals surface area contributed by atoms with Gasteiger partial charge in [0.25, 0.3) is 5.91 Å². The van der Waals surface area contributed by atoms with Crippen molar-refractivity contribution >= 4 is 28.5 Å². The Morgan fingerprint density at radius 1 is 0.903 bits per heavy atom. The van der Waals surface area contributed by atoms with Crippen LogP contribution in [0.2, 0.25) is 0 Å². The molecule has 1 heterocycles. The molecule has 0 saturated carbocycles. The molecule has 0 unspecified atom stereocenters. The minimum atomic E-state index is -0.420. The van der Waals surface area contributed by atoms with Crippen molar-refractivity contribution in [3.8, 4) is 11.3 Å². The van der Waals surface area contributed by atoms with E-state index in [0.717, 1.165) is 27.7 Å². The monoisotopic (exact) mass is 410 g/mol. The molecule has 0 aliphatic rings. The molecular weight excluding hydrogens is 388 g/mol. The topological polar surface area (TPSA) is 68.3 Å². The first kappa shape index (κ1) is 20.3. The fourth-order valence-electron chi connectivity index (χ4n) is 3.61. The number of methoxy groups -OCH3 is 1. The fraction of sp³-hybridized carbons (Fsp3) is 0.115. The van der Waals surface area contributed by atoms with E-state index in [0.29, 0.717) is 16.8 Å². The minimum absolute atomic E-state index is 0.240. The summed E-state index contributed by atoms with van der Waals surface area (Å²) in [5, 5.41) is 3.70. The first-order valence-corrected chi connectivity index (χ1v) is 9.93. The van der Waals surface area contributed by atoms with Crippen LogP contribution in [0.5, 0.6) is 0 Å². The molecule has 0 aliphatic carbocycles. The molecule has 0 radical (unpaired) electrons. The van der Waals surface area contributed by atoms with Crippen LogP contribution >= 0.6 is 0 Å².